The van der Waals surface area contributed by atoms with E-state index in [4.69, 9.17) is 10.5 Å². The summed E-state index contributed by atoms with van der Waals surface area (Å²) in [6, 6.07) is 18.0. The van der Waals surface area contributed by atoms with Gasteiger partial charge in [-0.1, -0.05) is 63.2 Å². The molecule has 64 heavy (non-hydrogen) atoms. The van der Waals surface area contributed by atoms with Gasteiger partial charge in [0.15, 0.2) is 0 Å². The highest BCUT2D eigenvalue weighted by Crippen LogP contribution is 2.54. The lowest BCUT2D eigenvalue weighted by Gasteiger charge is -2.50. The largest absolute Gasteiger partial charge is 0.477 e. The molecule has 3 aromatic carbocycles. The summed E-state index contributed by atoms with van der Waals surface area (Å²) in [4.78, 5) is 89.9. The molecule has 18 heteroatoms. The van der Waals surface area contributed by atoms with Crippen molar-refractivity contribution >= 4 is 58.1 Å². The van der Waals surface area contributed by atoms with Crippen molar-refractivity contribution in [3.8, 4) is 0 Å². The number of carboxylic acids is 1. The number of carboxylic acid groups (broad SMARTS) is 1. The zero-order valence-corrected chi connectivity index (χ0v) is 36.8. The number of nitrogens with one attached hydrogen (secondary N) is 4. The molecule has 2 heterocycles. The molecule has 17 nitrogen and oxygen atoms in total. The fourth-order valence-electron chi connectivity index (χ4n) is 8.06. The minimum Gasteiger partial charge on any atom is -0.477 e. The summed E-state index contributed by atoms with van der Waals surface area (Å²) in [6.07, 6.45) is 2.37. The minimum atomic E-state index is -1.38. The van der Waals surface area contributed by atoms with E-state index in [1.165, 1.54) is 17.2 Å². The van der Waals surface area contributed by atoms with Crippen LogP contribution in [0.4, 0.5) is 25.4 Å². The van der Waals surface area contributed by atoms with Crippen molar-refractivity contribution in [1.29, 1.82) is 0 Å². The molecule has 0 spiro atoms. The number of rotatable bonds is 14. The van der Waals surface area contributed by atoms with Crippen molar-refractivity contribution in [3.63, 3.8) is 0 Å². The molecule has 342 valence electrons. The monoisotopic (exact) mass is 884 g/mol. The molecule has 7 N–H and O–H groups in total. The number of aromatic nitrogens is 1. The number of halogens is 1. The second kappa shape index (κ2) is 20.9. The number of aryl methyl sites for hydroxylation is 1. The number of ether oxygens (including phenoxy) is 1. The number of anilines is 2. The predicted molar refractivity (Wildman–Crippen MR) is 239 cm³/mol. The van der Waals surface area contributed by atoms with Crippen LogP contribution in [0.3, 0.4) is 0 Å². The highest BCUT2D eigenvalue weighted by molar-refractivity contribution is 6.07. The average molecular weight is 885 g/mol. The molecule has 1 aliphatic heterocycles. The normalized spacial score (nSPS) is 15.3. The van der Waals surface area contributed by atoms with Gasteiger partial charge in [-0.15, -0.1) is 0 Å². The van der Waals surface area contributed by atoms with Crippen LogP contribution in [-0.2, 0) is 32.3 Å². The number of amides is 6. The van der Waals surface area contributed by atoms with Crippen LogP contribution in [0.2, 0.25) is 0 Å². The first-order valence-electron chi connectivity index (χ1n) is 21.2. The summed E-state index contributed by atoms with van der Waals surface area (Å²) in [5.41, 5.74) is 4.81. The van der Waals surface area contributed by atoms with E-state index in [2.05, 4.69) is 21.3 Å². The minimum absolute atomic E-state index is 0.0160. The molecule has 1 aliphatic carbocycles. The number of fused-ring (bicyclic) bond motifs is 1. The fourth-order valence-corrected chi connectivity index (χ4v) is 8.06. The standard InChI is InChI=1S/C42H47FN6O8.C4H10N2O/c1-5-47-22-31(37(52)53)36(51)30-19-32(43)34(20-33(30)47)48-15-17-49(18-16-48)40(56)57-23-27-11-13-29(14-12-27)46-35(50)21-44-38(54)42(24-41(3,4)25-42)39(55)45-26(2)28-9-7-6-8-10-28;1-2-3-6-4(5)7/h6-14,19-20,22,26H,5,15-18,21,23-25H2,1-4H3,(H,44,54)(H,45,55)(H,46,50)(H,52,53);2-3H2,1H3,(H3,5,6,7). The summed E-state index contributed by atoms with van der Waals surface area (Å²) in [5, 5.41) is 20.2. The van der Waals surface area contributed by atoms with Gasteiger partial charge < -0.3 is 51.2 Å². The lowest BCUT2D eigenvalue weighted by Crippen LogP contribution is -2.61. The number of carbonyl (C=O) groups excluding carboxylic acids is 5. The van der Waals surface area contributed by atoms with Crippen molar-refractivity contribution in [3.05, 3.63) is 106 Å². The van der Waals surface area contributed by atoms with E-state index < -0.39 is 52.1 Å². The lowest BCUT2D eigenvalue weighted by molar-refractivity contribution is -0.159. The molecule has 2 fully saturated rings. The molecule has 1 unspecified atom stereocenters. The van der Waals surface area contributed by atoms with E-state index in [0.717, 1.165) is 18.1 Å². The van der Waals surface area contributed by atoms with E-state index >= 15 is 4.39 Å². The molecular weight excluding hydrogens is 828 g/mol. The van der Waals surface area contributed by atoms with Crippen LogP contribution in [-0.4, -0.2) is 89.7 Å². The number of pyridine rings is 1. The topological polar surface area (TPSA) is 234 Å². The Labute approximate surface area is 370 Å². The van der Waals surface area contributed by atoms with Crippen molar-refractivity contribution in [2.75, 3.05) is 49.5 Å². The molecule has 6 rings (SSSR count). The Morgan fingerprint density at radius 1 is 0.906 bits per heavy atom. The zero-order chi connectivity index (χ0) is 46.8. The molecule has 1 saturated heterocycles. The quantitative estimate of drug-likeness (QED) is 0.0915. The van der Waals surface area contributed by atoms with Crippen molar-refractivity contribution in [1.82, 2.24) is 25.4 Å². The zero-order valence-electron chi connectivity index (χ0n) is 36.8. The molecule has 1 saturated carbocycles. The molecule has 0 radical (unpaired) electrons. The molecule has 1 aromatic heterocycles. The molecule has 0 bridgehead atoms. The van der Waals surface area contributed by atoms with Crippen LogP contribution in [0, 0.1) is 16.6 Å². The maximum absolute atomic E-state index is 15.3. The van der Waals surface area contributed by atoms with E-state index in [9.17, 15) is 38.7 Å². The Morgan fingerprint density at radius 2 is 1.56 bits per heavy atom. The third kappa shape index (κ3) is 11.7. The number of nitrogens with two attached hydrogens (primary N) is 1. The Balaban J connectivity index is 0.00000102. The van der Waals surface area contributed by atoms with Crippen LogP contribution < -0.4 is 37.3 Å². The first-order chi connectivity index (χ1) is 30.4. The number of piperazine rings is 1. The van der Waals surface area contributed by atoms with Gasteiger partial charge in [0.1, 0.15) is 23.4 Å². The van der Waals surface area contributed by atoms with Crippen LogP contribution in [0.15, 0.2) is 77.7 Å². The summed E-state index contributed by atoms with van der Waals surface area (Å²) in [6.45, 7) is 11.4. The molecule has 4 aromatic rings. The van der Waals surface area contributed by atoms with Crippen LogP contribution in [0.1, 0.15) is 81.4 Å². The SMILES string of the molecule is CCCNC(N)=O.CCn1cc(C(=O)O)c(=O)c2cc(F)c(N3CCN(C(=O)OCc4ccc(NC(=O)CNC(=O)C5(C(=O)NC(C)c6ccccc6)CC(C)(C)C5)cc4)CC3)cc21. The van der Waals surface area contributed by atoms with E-state index in [0.29, 0.717) is 55.8 Å². The van der Waals surface area contributed by atoms with Gasteiger partial charge in [-0.25, -0.2) is 18.8 Å². The summed E-state index contributed by atoms with van der Waals surface area (Å²) < 4.78 is 22.4. The van der Waals surface area contributed by atoms with Gasteiger partial charge in [-0.2, -0.15) is 0 Å². The Bertz CT molecular complexity index is 2410. The van der Waals surface area contributed by atoms with Crippen LogP contribution >= 0.6 is 0 Å². The summed E-state index contributed by atoms with van der Waals surface area (Å²) >= 11 is 0. The van der Waals surface area contributed by atoms with E-state index in [-0.39, 0.29) is 54.7 Å². The number of carbonyl (C=O) groups is 6. The second-order valence-corrected chi connectivity index (χ2v) is 16.7. The third-order valence-electron chi connectivity index (χ3n) is 11.2. The van der Waals surface area contributed by atoms with Gasteiger partial charge in [-0.3, -0.25) is 19.2 Å². The molecule has 6 amide bonds. The van der Waals surface area contributed by atoms with E-state index in [1.807, 2.05) is 58.0 Å². The number of benzene rings is 3. The van der Waals surface area contributed by atoms with Gasteiger partial charge in [0, 0.05) is 56.5 Å². The number of hydrogen-bond acceptors (Lipinski definition) is 9. The Kier molecular flexibility index (Phi) is 15.7. The third-order valence-corrected chi connectivity index (χ3v) is 11.2. The maximum Gasteiger partial charge on any atom is 0.410 e. The first kappa shape index (κ1) is 48.1. The second-order valence-electron chi connectivity index (χ2n) is 16.7. The fraction of sp³-hybridized carbons (Fsp3) is 0.413. The molecule has 2 aliphatic rings. The number of nitrogens with zero attached hydrogens (tertiary/aromatic N) is 3. The van der Waals surface area contributed by atoms with Gasteiger partial charge in [0.25, 0.3) is 0 Å². The average Bonchev–Trinajstić information content (AvgIpc) is 3.26. The highest BCUT2D eigenvalue weighted by Gasteiger charge is 2.59. The smallest absolute Gasteiger partial charge is 0.410 e. The number of hydrogen-bond donors (Lipinski definition) is 6. The number of urea groups is 1. The highest BCUT2D eigenvalue weighted by atomic mass is 19.1. The summed E-state index contributed by atoms with van der Waals surface area (Å²) in [5.74, 6) is -3.36. The van der Waals surface area contributed by atoms with Crippen molar-refractivity contribution in [2.24, 2.45) is 16.6 Å². The van der Waals surface area contributed by atoms with Crippen molar-refractivity contribution < 1.29 is 43.0 Å². The lowest BCUT2D eigenvalue weighted by atomic mass is 9.53. The van der Waals surface area contributed by atoms with Gasteiger partial charge in [0.05, 0.1) is 23.8 Å². The number of aromatic carboxylic acids is 1. The van der Waals surface area contributed by atoms with Crippen LogP contribution in [0.5, 0.6) is 0 Å². The number of primary amides is 1. The molecule has 1 atom stereocenters. The maximum atomic E-state index is 15.3. The van der Waals surface area contributed by atoms with E-state index in [1.54, 1.807) is 40.7 Å². The van der Waals surface area contributed by atoms with Crippen LogP contribution in [0.25, 0.3) is 10.9 Å². The Morgan fingerprint density at radius 3 is 2.12 bits per heavy atom. The molecular formula is C46H57FN8O9. The first-order valence-corrected chi connectivity index (χ1v) is 21.2. The summed E-state index contributed by atoms with van der Waals surface area (Å²) in [7, 11) is 0. The predicted octanol–water partition coefficient (Wildman–Crippen LogP) is 5.12. The van der Waals surface area contributed by atoms with Gasteiger partial charge >= 0.3 is 18.1 Å². The van der Waals surface area contributed by atoms with Gasteiger partial charge in [-0.05, 0) is 73.9 Å². The Hall–Kier alpha value is -6.98. The van der Waals surface area contributed by atoms with Gasteiger partial charge in [0.2, 0.25) is 23.2 Å². The van der Waals surface area contributed by atoms with Crippen molar-refractivity contribution in [2.45, 2.75) is 73.1 Å².